The lowest BCUT2D eigenvalue weighted by Crippen LogP contribution is -2.43. The van der Waals surface area contributed by atoms with E-state index < -0.39 is 19.7 Å². The fourth-order valence-electron chi connectivity index (χ4n) is 2.07. The van der Waals surface area contributed by atoms with Gasteiger partial charge in [0, 0.05) is 18.0 Å². The Kier molecular flexibility index (Phi) is 7.94. The summed E-state index contributed by atoms with van der Waals surface area (Å²) in [5.74, 6) is 0. The molecule has 0 unspecified atom stereocenters. The quantitative estimate of drug-likeness (QED) is 0.518. The van der Waals surface area contributed by atoms with E-state index in [9.17, 15) is 9.81 Å². The van der Waals surface area contributed by atoms with E-state index in [1.54, 1.807) is 6.07 Å². The van der Waals surface area contributed by atoms with E-state index in [1.807, 2.05) is 39.0 Å². The van der Waals surface area contributed by atoms with Crippen LogP contribution in [0.1, 0.15) is 65.1 Å². The third-order valence-corrected chi connectivity index (χ3v) is 11.0. The molecule has 0 heterocycles. The molecule has 146 valence electrons. The van der Waals surface area contributed by atoms with Crippen molar-refractivity contribution in [3.05, 3.63) is 35.4 Å². The normalized spacial score (nSPS) is 15.4. The fraction of sp³-hybridized carbons (Fsp3) is 0.650. The fourth-order valence-corrected chi connectivity index (χ4v) is 4.00. The van der Waals surface area contributed by atoms with Gasteiger partial charge in [-0.1, -0.05) is 32.9 Å². The molecule has 0 aromatic heterocycles. The highest BCUT2D eigenvalue weighted by Crippen LogP contribution is 2.37. The molecule has 1 aromatic rings. The van der Waals surface area contributed by atoms with E-state index in [2.05, 4.69) is 44.7 Å². The van der Waals surface area contributed by atoms with Crippen molar-refractivity contribution in [1.29, 1.82) is 5.26 Å². The van der Waals surface area contributed by atoms with Gasteiger partial charge in [0.05, 0.1) is 17.7 Å². The maximum absolute atomic E-state index is 12.6. The number of hydrogen-bond donors (Lipinski definition) is 1. The number of nitriles is 1. The lowest BCUT2D eigenvalue weighted by atomic mass is 10.0. The highest BCUT2D eigenvalue weighted by atomic mass is 32.2. The second-order valence-corrected chi connectivity index (χ2v) is 16.0. The largest absolute Gasteiger partial charge is 0.598 e. The van der Waals surface area contributed by atoms with E-state index in [1.165, 1.54) is 0 Å². The maximum atomic E-state index is 12.6. The molecule has 0 aliphatic rings. The van der Waals surface area contributed by atoms with Crippen molar-refractivity contribution in [3.63, 3.8) is 0 Å². The Labute approximate surface area is 163 Å². The van der Waals surface area contributed by atoms with Crippen molar-refractivity contribution in [2.45, 2.75) is 76.9 Å². The molecule has 0 bridgehead atoms. The van der Waals surface area contributed by atoms with Crippen LogP contribution >= 0.6 is 0 Å². The average Bonchev–Trinajstić information content (AvgIpc) is 2.51. The molecule has 0 fully saturated rings. The van der Waals surface area contributed by atoms with Crippen LogP contribution in [0.4, 0.5) is 0 Å². The lowest BCUT2D eigenvalue weighted by molar-refractivity contribution is 0.268. The van der Waals surface area contributed by atoms with E-state index in [0.29, 0.717) is 18.6 Å². The van der Waals surface area contributed by atoms with Crippen LogP contribution < -0.4 is 4.72 Å². The average molecular weight is 395 g/mol. The molecule has 0 radical (unpaired) electrons. The molecule has 2 atom stereocenters. The topological polar surface area (TPSA) is 68.1 Å². The molecule has 0 spiro atoms. The molecule has 1 N–H and O–H groups in total. The summed E-state index contributed by atoms with van der Waals surface area (Å²) >= 11 is -1.20. The third kappa shape index (κ3) is 6.71. The summed E-state index contributed by atoms with van der Waals surface area (Å²) in [6.07, 6.45) is 0.712. The molecular weight excluding hydrogens is 360 g/mol. The van der Waals surface area contributed by atoms with Crippen LogP contribution in [-0.2, 0) is 15.8 Å². The van der Waals surface area contributed by atoms with Crippen LogP contribution in [0.5, 0.6) is 0 Å². The van der Waals surface area contributed by atoms with Crippen LogP contribution in [0.2, 0.25) is 18.1 Å². The molecule has 6 heteroatoms. The van der Waals surface area contributed by atoms with E-state index in [0.717, 1.165) is 5.56 Å². The number of nitrogens with zero attached hydrogens (tertiary/aromatic N) is 1. The Morgan fingerprint density at radius 1 is 1.23 bits per heavy atom. The summed E-state index contributed by atoms with van der Waals surface area (Å²) in [4.78, 5) is 0. The van der Waals surface area contributed by atoms with Gasteiger partial charge in [0.2, 0.25) is 0 Å². The van der Waals surface area contributed by atoms with Crippen LogP contribution in [0, 0.1) is 11.3 Å². The molecule has 0 saturated heterocycles. The van der Waals surface area contributed by atoms with Crippen LogP contribution in [-0.4, -0.2) is 24.2 Å². The van der Waals surface area contributed by atoms with Crippen molar-refractivity contribution < 1.29 is 8.98 Å². The highest BCUT2D eigenvalue weighted by molar-refractivity contribution is 7.90. The maximum Gasteiger partial charge on any atom is 0.191 e. The predicted octanol–water partition coefficient (Wildman–Crippen LogP) is 5.06. The summed E-state index contributed by atoms with van der Waals surface area (Å²) in [5, 5.41) is 9.34. The van der Waals surface area contributed by atoms with E-state index in [-0.39, 0.29) is 15.8 Å². The highest BCUT2D eigenvalue weighted by Gasteiger charge is 2.37. The lowest BCUT2D eigenvalue weighted by Gasteiger charge is -2.36. The second kappa shape index (κ2) is 8.90. The van der Waals surface area contributed by atoms with Gasteiger partial charge in [-0.2, -0.15) is 5.26 Å². The third-order valence-electron chi connectivity index (χ3n) is 4.90. The summed E-state index contributed by atoms with van der Waals surface area (Å²) in [7, 11) is -1.82. The van der Waals surface area contributed by atoms with Gasteiger partial charge in [-0.15, -0.1) is 4.72 Å². The first-order chi connectivity index (χ1) is 11.8. The molecule has 1 aromatic carbocycles. The van der Waals surface area contributed by atoms with Gasteiger partial charge in [-0.05, 0) is 63.0 Å². The Morgan fingerprint density at radius 2 is 1.85 bits per heavy atom. The first kappa shape index (κ1) is 23.2. The van der Waals surface area contributed by atoms with Gasteiger partial charge in [-0.3, -0.25) is 0 Å². The Hall–Kier alpha value is -0.843. The number of hydrogen-bond acceptors (Lipinski definition) is 4. The first-order valence-electron chi connectivity index (χ1n) is 9.10. The van der Waals surface area contributed by atoms with Crippen molar-refractivity contribution in [1.82, 2.24) is 4.72 Å². The minimum Gasteiger partial charge on any atom is -0.598 e. The van der Waals surface area contributed by atoms with Gasteiger partial charge in [-0.25, -0.2) is 0 Å². The van der Waals surface area contributed by atoms with Crippen molar-refractivity contribution in [2.75, 3.05) is 6.61 Å². The standard InChI is InChI=1S/C20H34N2O2SSi/c1-19(2,3)25(23)22-18(17-11-9-10-16(14-17)15-21)12-13-24-26(7,8)20(4,5)6/h9-11,14,18,22H,12-13H2,1-8H3/t18-,25-/m0/s1. The minimum atomic E-state index is -1.82. The van der Waals surface area contributed by atoms with Crippen molar-refractivity contribution >= 4 is 19.7 Å². The summed E-state index contributed by atoms with van der Waals surface area (Å²) < 4.78 is 21.8. The molecule has 0 aliphatic carbocycles. The van der Waals surface area contributed by atoms with Gasteiger partial charge in [0.1, 0.15) is 4.75 Å². The molecule has 4 nitrogen and oxygen atoms in total. The molecular formula is C20H34N2O2SSi. The van der Waals surface area contributed by atoms with Gasteiger partial charge < -0.3 is 8.98 Å². The zero-order chi connectivity index (χ0) is 20.2. The van der Waals surface area contributed by atoms with Gasteiger partial charge in [0.25, 0.3) is 0 Å². The Balaban J connectivity index is 2.93. The minimum absolute atomic E-state index is 0.117. The van der Waals surface area contributed by atoms with Crippen LogP contribution in [0.3, 0.4) is 0 Å². The Bertz CT molecular complexity index is 630. The van der Waals surface area contributed by atoms with E-state index >= 15 is 0 Å². The van der Waals surface area contributed by atoms with Gasteiger partial charge in [0.15, 0.2) is 8.32 Å². The molecule has 0 aliphatic heterocycles. The predicted molar refractivity (Wildman–Crippen MR) is 113 cm³/mol. The zero-order valence-corrected chi connectivity index (χ0v) is 19.3. The number of nitrogens with one attached hydrogen (secondary N) is 1. The van der Waals surface area contributed by atoms with Gasteiger partial charge >= 0.3 is 0 Å². The second-order valence-electron chi connectivity index (χ2n) is 9.19. The number of rotatable bonds is 7. The zero-order valence-electron chi connectivity index (χ0n) is 17.5. The number of benzene rings is 1. The van der Waals surface area contributed by atoms with E-state index in [4.69, 9.17) is 4.43 Å². The first-order valence-corrected chi connectivity index (χ1v) is 13.2. The van der Waals surface area contributed by atoms with Crippen LogP contribution in [0.15, 0.2) is 24.3 Å². The smallest absolute Gasteiger partial charge is 0.191 e. The van der Waals surface area contributed by atoms with Crippen molar-refractivity contribution in [3.8, 4) is 6.07 Å². The summed E-state index contributed by atoms with van der Waals surface area (Å²) in [6, 6.07) is 9.56. The molecule has 0 saturated carbocycles. The summed E-state index contributed by atoms with van der Waals surface area (Å²) in [6.45, 7) is 17.6. The Morgan fingerprint density at radius 3 is 2.35 bits per heavy atom. The van der Waals surface area contributed by atoms with Crippen molar-refractivity contribution in [2.24, 2.45) is 0 Å². The monoisotopic (exact) mass is 394 g/mol. The molecule has 1 rings (SSSR count). The summed E-state index contributed by atoms with van der Waals surface area (Å²) in [5.41, 5.74) is 1.58. The molecule has 0 amide bonds. The molecule has 26 heavy (non-hydrogen) atoms. The van der Waals surface area contributed by atoms with Crippen LogP contribution in [0.25, 0.3) is 0 Å². The SMILES string of the molecule is CC(C)(C)[S@+]([O-])N[C@@H](CCO[Si](C)(C)C(C)(C)C)c1cccc(C#N)c1.